The van der Waals surface area contributed by atoms with Gasteiger partial charge in [-0.2, -0.15) is 0 Å². The lowest BCUT2D eigenvalue weighted by molar-refractivity contribution is 0.460. The fraction of sp³-hybridized carbons (Fsp3) is 0.0833. The van der Waals surface area contributed by atoms with E-state index >= 15 is 0 Å². The number of halogens is 2. The minimum atomic E-state index is -0.429. The maximum atomic E-state index is 13.3. The first kappa shape index (κ1) is 11.9. The zero-order chi connectivity index (χ0) is 12.4. The van der Waals surface area contributed by atoms with E-state index in [2.05, 4.69) is 20.9 Å². The molecule has 1 heterocycles. The Labute approximate surface area is 107 Å². The molecule has 0 spiro atoms. The summed E-state index contributed by atoms with van der Waals surface area (Å²) in [4.78, 5) is 4.05. The number of benzene rings is 1. The highest BCUT2D eigenvalue weighted by Gasteiger charge is 2.08. The molecule has 1 aromatic carbocycles. The predicted molar refractivity (Wildman–Crippen MR) is 67.6 cm³/mol. The molecule has 0 aliphatic heterocycles. The van der Waals surface area contributed by atoms with Crippen LogP contribution in [-0.4, -0.2) is 4.98 Å². The van der Waals surface area contributed by atoms with Crippen molar-refractivity contribution in [3.8, 4) is 11.6 Å². The van der Waals surface area contributed by atoms with Gasteiger partial charge in [0.25, 0.3) is 0 Å². The SMILES string of the molecule is Cc1ccc(Oc2cc(F)c(Br)cc2N)nc1. The van der Waals surface area contributed by atoms with Crippen molar-refractivity contribution in [2.75, 3.05) is 5.73 Å². The minimum Gasteiger partial charge on any atom is -0.437 e. The number of aromatic nitrogens is 1. The van der Waals surface area contributed by atoms with E-state index in [-0.39, 0.29) is 5.75 Å². The minimum absolute atomic E-state index is 0.252. The molecule has 0 aliphatic carbocycles. The van der Waals surface area contributed by atoms with Crippen LogP contribution < -0.4 is 10.5 Å². The van der Waals surface area contributed by atoms with Crippen LogP contribution in [0.15, 0.2) is 34.9 Å². The molecule has 17 heavy (non-hydrogen) atoms. The van der Waals surface area contributed by atoms with E-state index in [0.29, 0.717) is 16.0 Å². The van der Waals surface area contributed by atoms with Crippen molar-refractivity contribution in [2.24, 2.45) is 0 Å². The van der Waals surface area contributed by atoms with Crippen molar-refractivity contribution in [2.45, 2.75) is 6.92 Å². The Bertz CT molecular complexity index is 543. The lowest BCUT2D eigenvalue weighted by atomic mass is 10.3. The van der Waals surface area contributed by atoms with Gasteiger partial charge in [-0.1, -0.05) is 6.07 Å². The van der Waals surface area contributed by atoms with E-state index in [4.69, 9.17) is 10.5 Å². The van der Waals surface area contributed by atoms with E-state index in [1.54, 1.807) is 12.3 Å². The lowest BCUT2D eigenvalue weighted by Crippen LogP contribution is -1.95. The van der Waals surface area contributed by atoms with Crippen molar-refractivity contribution in [3.05, 3.63) is 46.3 Å². The Kier molecular flexibility index (Phi) is 3.28. The van der Waals surface area contributed by atoms with Gasteiger partial charge < -0.3 is 10.5 Å². The third kappa shape index (κ3) is 2.74. The molecule has 0 radical (unpaired) electrons. The third-order valence-electron chi connectivity index (χ3n) is 2.15. The van der Waals surface area contributed by atoms with Gasteiger partial charge in [-0.05, 0) is 34.5 Å². The normalized spacial score (nSPS) is 10.3. The number of pyridine rings is 1. The molecule has 2 aromatic rings. The summed E-state index contributed by atoms with van der Waals surface area (Å²) < 4.78 is 19.0. The second-order valence-electron chi connectivity index (χ2n) is 3.58. The van der Waals surface area contributed by atoms with Crippen LogP contribution >= 0.6 is 15.9 Å². The van der Waals surface area contributed by atoms with Crippen LogP contribution in [0, 0.1) is 12.7 Å². The first-order valence-electron chi connectivity index (χ1n) is 4.91. The number of nitrogens with zero attached hydrogens (tertiary/aromatic N) is 1. The van der Waals surface area contributed by atoms with Crippen molar-refractivity contribution >= 4 is 21.6 Å². The third-order valence-corrected chi connectivity index (χ3v) is 2.76. The van der Waals surface area contributed by atoms with Crippen LogP contribution in [0.4, 0.5) is 10.1 Å². The quantitative estimate of drug-likeness (QED) is 0.860. The average molecular weight is 297 g/mol. The van der Waals surface area contributed by atoms with Crippen LogP contribution in [0.5, 0.6) is 11.6 Å². The van der Waals surface area contributed by atoms with E-state index in [9.17, 15) is 4.39 Å². The molecule has 2 rings (SSSR count). The van der Waals surface area contributed by atoms with Crippen molar-refractivity contribution in [1.82, 2.24) is 4.98 Å². The van der Waals surface area contributed by atoms with Gasteiger partial charge in [-0.25, -0.2) is 9.37 Å². The number of anilines is 1. The largest absolute Gasteiger partial charge is 0.437 e. The summed E-state index contributed by atoms with van der Waals surface area (Å²) in [5.74, 6) is 0.201. The summed E-state index contributed by atoms with van der Waals surface area (Å²) in [6, 6.07) is 6.24. The summed E-state index contributed by atoms with van der Waals surface area (Å²) in [6.45, 7) is 1.92. The summed E-state index contributed by atoms with van der Waals surface area (Å²) in [6.07, 6.45) is 1.67. The molecule has 0 fully saturated rings. The molecule has 0 saturated heterocycles. The van der Waals surface area contributed by atoms with Crippen LogP contribution in [0.3, 0.4) is 0 Å². The molecule has 3 nitrogen and oxygen atoms in total. The van der Waals surface area contributed by atoms with E-state index in [0.717, 1.165) is 5.56 Å². The van der Waals surface area contributed by atoms with Gasteiger partial charge in [0.2, 0.25) is 5.88 Å². The second-order valence-corrected chi connectivity index (χ2v) is 4.43. The zero-order valence-corrected chi connectivity index (χ0v) is 10.7. The molecule has 0 saturated carbocycles. The Balaban J connectivity index is 2.30. The summed E-state index contributed by atoms with van der Waals surface area (Å²) in [5, 5.41) is 0. The number of hydrogen-bond acceptors (Lipinski definition) is 3. The molecule has 0 atom stereocenters. The smallest absolute Gasteiger partial charge is 0.219 e. The average Bonchev–Trinajstić information content (AvgIpc) is 2.29. The molecule has 0 bridgehead atoms. The molecule has 2 N–H and O–H groups in total. The Hall–Kier alpha value is -1.62. The number of nitrogens with two attached hydrogens (primary N) is 1. The maximum absolute atomic E-state index is 13.3. The highest BCUT2D eigenvalue weighted by Crippen LogP contribution is 2.31. The van der Waals surface area contributed by atoms with Crippen molar-refractivity contribution in [1.29, 1.82) is 0 Å². The Morgan fingerprint density at radius 2 is 2.12 bits per heavy atom. The highest BCUT2D eigenvalue weighted by molar-refractivity contribution is 9.10. The molecule has 5 heteroatoms. The number of aryl methyl sites for hydroxylation is 1. The van der Waals surface area contributed by atoms with Crippen LogP contribution in [0.1, 0.15) is 5.56 Å². The summed E-state index contributed by atoms with van der Waals surface area (Å²) in [5.41, 5.74) is 7.09. The van der Waals surface area contributed by atoms with Gasteiger partial charge in [0, 0.05) is 18.3 Å². The van der Waals surface area contributed by atoms with E-state index < -0.39 is 5.82 Å². The van der Waals surface area contributed by atoms with Gasteiger partial charge in [0.15, 0.2) is 5.75 Å². The van der Waals surface area contributed by atoms with Crippen molar-refractivity contribution in [3.63, 3.8) is 0 Å². The maximum Gasteiger partial charge on any atom is 0.219 e. The van der Waals surface area contributed by atoms with E-state index in [1.165, 1.54) is 12.1 Å². The number of rotatable bonds is 2. The first-order chi connectivity index (χ1) is 8.06. The standard InChI is InChI=1S/C12H10BrFN2O/c1-7-2-3-12(16-6-7)17-11-5-9(14)8(13)4-10(11)15/h2-6H,15H2,1H3. The van der Waals surface area contributed by atoms with Crippen LogP contribution in [0.2, 0.25) is 0 Å². The second kappa shape index (κ2) is 4.71. The number of hydrogen-bond donors (Lipinski definition) is 1. The number of ether oxygens (including phenoxy) is 1. The van der Waals surface area contributed by atoms with Gasteiger partial charge >= 0.3 is 0 Å². The van der Waals surface area contributed by atoms with Gasteiger partial charge in [0.1, 0.15) is 5.82 Å². The number of nitrogen functional groups attached to an aromatic ring is 1. The van der Waals surface area contributed by atoms with E-state index in [1.807, 2.05) is 13.0 Å². The molecule has 0 unspecified atom stereocenters. The molecule has 0 amide bonds. The van der Waals surface area contributed by atoms with Gasteiger partial charge in [-0.3, -0.25) is 0 Å². The van der Waals surface area contributed by atoms with Crippen LogP contribution in [-0.2, 0) is 0 Å². The monoisotopic (exact) mass is 296 g/mol. The molecular weight excluding hydrogens is 287 g/mol. The molecule has 1 aromatic heterocycles. The van der Waals surface area contributed by atoms with Crippen LogP contribution in [0.25, 0.3) is 0 Å². The van der Waals surface area contributed by atoms with Gasteiger partial charge in [-0.15, -0.1) is 0 Å². The predicted octanol–water partition coefficient (Wildman–Crippen LogP) is 3.67. The Morgan fingerprint density at radius 3 is 2.76 bits per heavy atom. The summed E-state index contributed by atoms with van der Waals surface area (Å²) in [7, 11) is 0. The van der Waals surface area contributed by atoms with Crippen molar-refractivity contribution < 1.29 is 9.13 Å². The Morgan fingerprint density at radius 1 is 1.35 bits per heavy atom. The fourth-order valence-corrected chi connectivity index (χ4v) is 1.62. The highest BCUT2D eigenvalue weighted by atomic mass is 79.9. The molecule has 88 valence electrons. The first-order valence-corrected chi connectivity index (χ1v) is 5.70. The molecular formula is C12H10BrFN2O. The fourth-order valence-electron chi connectivity index (χ4n) is 1.26. The topological polar surface area (TPSA) is 48.1 Å². The lowest BCUT2D eigenvalue weighted by Gasteiger charge is -2.08. The summed E-state index contributed by atoms with van der Waals surface area (Å²) >= 11 is 3.05. The van der Waals surface area contributed by atoms with Gasteiger partial charge in [0.05, 0.1) is 10.2 Å². The zero-order valence-electron chi connectivity index (χ0n) is 9.08. The molecule has 0 aliphatic rings.